The van der Waals surface area contributed by atoms with Gasteiger partial charge in [-0.25, -0.2) is 0 Å². The van der Waals surface area contributed by atoms with Gasteiger partial charge in [-0.05, 0) is 79.2 Å². The van der Waals surface area contributed by atoms with Gasteiger partial charge in [-0.2, -0.15) is 0 Å². The Labute approximate surface area is 250 Å². The van der Waals surface area contributed by atoms with E-state index in [0.717, 1.165) is 5.57 Å². The molecule has 2 aliphatic rings. The van der Waals surface area contributed by atoms with Crippen LogP contribution in [0.3, 0.4) is 0 Å². The number of aliphatic carboxylic acids is 1. The fraction of sp³-hybridized carbons (Fsp3) is 0.500. The highest BCUT2D eigenvalue weighted by Crippen LogP contribution is 2.46. The van der Waals surface area contributed by atoms with Crippen LogP contribution < -0.4 is 0 Å². The Hall–Kier alpha value is -3.64. The van der Waals surface area contributed by atoms with Crippen LogP contribution in [0.4, 0.5) is 0 Å². The van der Waals surface area contributed by atoms with Crippen molar-refractivity contribution < 1.29 is 44.0 Å². The first-order chi connectivity index (χ1) is 20.8. The minimum atomic E-state index is -1.02. The third-order valence-corrected chi connectivity index (χ3v) is 8.26. The summed E-state index contributed by atoms with van der Waals surface area (Å²) in [7, 11) is 1.52. The number of methoxy groups -OCH3 is 1. The zero-order valence-electron chi connectivity index (χ0n) is 24.4. The van der Waals surface area contributed by atoms with Gasteiger partial charge in [-0.3, -0.25) is 24.3 Å². The molecule has 0 aromatic carbocycles. The minimum absolute atomic E-state index is 0.0354. The van der Waals surface area contributed by atoms with Crippen molar-refractivity contribution in [1.82, 2.24) is 9.88 Å². The molecule has 0 radical (unpaired) electrons. The number of furan rings is 1. The van der Waals surface area contributed by atoms with E-state index >= 15 is 0 Å². The summed E-state index contributed by atoms with van der Waals surface area (Å²) in [5.74, 6) is -2.76. The largest absolute Gasteiger partial charge is 0.481 e. The number of hydrogen-bond donors (Lipinski definition) is 4. The second kappa shape index (κ2) is 15.2. The molecule has 0 unspecified atom stereocenters. The van der Waals surface area contributed by atoms with Crippen molar-refractivity contribution in [2.45, 2.75) is 57.7 Å². The number of aromatic nitrogens is 1. The van der Waals surface area contributed by atoms with E-state index in [1.165, 1.54) is 12.0 Å². The number of pyridine rings is 1. The molecule has 0 bridgehead atoms. The number of likely N-dealkylation sites (tertiary alicyclic amines) is 1. The highest BCUT2D eigenvalue weighted by Gasteiger charge is 2.54. The smallest absolute Gasteiger partial charge is 0.303 e. The van der Waals surface area contributed by atoms with Crippen molar-refractivity contribution in [2.24, 2.45) is 17.8 Å². The van der Waals surface area contributed by atoms with Crippen LogP contribution in [-0.2, 0) is 25.7 Å². The molecule has 232 valence electrons. The van der Waals surface area contributed by atoms with E-state index in [-0.39, 0.29) is 50.8 Å². The van der Waals surface area contributed by atoms with E-state index in [4.69, 9.17) is 14.3 Å². The lowest BCUT2D eigenvalue weighted by Gasteiger charge is -2.36. The zero-order chi connectivity index (χ0) is 30.9. The van der Waals surface area contributed by atoms with Crippen molar-refractivity contribution >= 4 is 29.4 Å². The van der Waals surface area contributed by atoms with E-state index < -0.39 is 36.4 Å². The Kier molecular flexibility index (Phi) is 11.4. The van der Waals surface area contributed by atoms with E-state index in [1.54, 1.807) is 24.4 Å². The number of aliphatic hydroxyl groups is 3. The SMILES string of the molecule is COCC1=C([C@H](O)CC/C(=C/c2ccc(CO)o2)c2ccccn2)[C@H](CO)[C@@H]2C(=O)N(CCCCCC(=O)O)C(=O)[C@@H]2C1. The van der Waals surface area contributed by atoms with Crippen LogP contribution in [0.1, 0.15) is 62.2 Å². The lowest BCUT2D eigenvalue weighted by atomic mass is 9.68. The van der Waals surface area contributed by atoms with Crippen molar-refractivity contribution in [2.75, 3.05) is 26.9 Å². The average molecular weight is 597 g/mol. The first-order valence-corrected chi connectivity index (χ1v) is 14.7. The molecule has 0 saturated carbocycles. The molecular weight excluding hydrogens is 556 g/mol. The molecule has 2 aromatic rings. The van der Waals surface area contributed by atoms with Crippen LogP contribution in [0.15, 0.2) is 52.1 Å². The van der Waals surface area contributed by atoms with Gasteiger partial charge < -0.3 is 29.6 Å². The number of hydrogen-bond acceptors (Lipinski definition) is 9. The number of carboxylic acids is 1. The molecule has 2 amide bonds. The maximum Gasteiger partial charge on any atom is 0.303 e. The molecule has 2 aromatic heterocycles. The number of rotatable bonds is 16. The summed E-state index contributed by atoms with van der Waals surface area (Å²) in [5.41, 5.74) is 2.74. The Morgan fingerprint density at radius 1 is 1.14 bits per heavy atom. The summed E-state index contributed by atoms with van der Waals surface area (Å²) >= 11 is 0. The summed E-state index contributed by atoms with van der Waals surface area (Å²) in [6.45, 7) is -0.285. The fourth-order valence-corrected chi connectivity index (χ4v) is 6.28. The van der Waals surface area contributed by atoms with Gasteiger partial charge in [0.05, 0.1) is 36.8 Å². The minimum Gasteiger partial charge on any atom is -0.481 e. The third-order valence-electron chi connectivity index (χ3n) is 8.26. The zero-order valence-corrected chi connectivity index (χ0v) is 24.4. The molecule has 4 rings (SSSR count). The number of allylic oxidation sites excluding steroid dienone is 1. The predicted molar refractivity (Wildman–Crippen MR) is 156 cm³/mol. The number of ether oxygens (including phenoxy) is 1. The Morgan fingerprint density at radius 3 is 2.60 bits per heavy atom. The Balaban J connectivity index is 1.54. The molecule has 1 fully saturated rings. The topological polar surface area (TPSA) is 171 Å². The fourth-order valence-electron chi connectivity index (χ4n) is 6.28. The van der Waals surface area contributed by atoms with Gasteiger partial charge in [0.1, 0.15) is 18.1 Å². The van der Waals surface area contributed by atoms with Crippen LogP contribution in [-0.4, -0.2) is 81.1 Å². The summed E-state index contributed by atoms with van der Waals surface area (Å²) in [6, 6.07) is 8.94. The molecule has 1 aliphatic carbocycles. The van der Waals surface area contributed by atoms with Crippen molar-refractivity contribution in [1.29, 1.82) is 0 Å². The molecule has 0 spiro atoms. The monoisotopic (exact) mass is 596 g/mol. The van der Waals surface area contributed by atoms with Crippen LogP contribution in [0, 0.1) is 17.8 Å². The van der Waals surface area contributed by atoms with Crippen molar-refractivity contribution in [3.8, 4) is 0 Å². The van der Waals surface area contributed by atoms with Crippen LogP contribution in [0.5, 0.6) is 0 Å². The molecule has 4 N–H and O–H groups in total. The summed E-state index contributed by atoms with van der Waals surface area (Å²) in [4.78, 5) is 43.3. The third kappa shape index (κ3) is 7.66. The second-order valence-corrected chi connectivity index (χ2v) is 11.1. The second-order valence-electron chi connectivity index (χ2n) is 11.1. The molecule has 4 atom stereocenters. The maximum atomic E-state index is 13.5. The molecule has 43 heavy (non-hydrogen) atoms. The Bertz CT molecular complexity index is 1330. The normalized spacial score (nSPS) is 21.4. The number of amides is 2. The summed E-state index contributed by atoms with van der Waals surface area (Å²) in [6.07, 6.45) is 4.93. The van der Waals surface area contributed by atoms with Crippen molar-refractivity contribution in [3.05, 3.63) is 64.9 Å². The van der Waals surface area contributed by atoms with Crippen LogP contribution >= 0.6 is 0 Å². The van der Waals surface area contributed by atoms with Crippen LogP contribution in [0.2, 0.25) is 0 Å². The van der Waals surface area contributed by atoms with Crippen LogP contribution in [0.25, 0.3) is 11.6 Å². The van der Waals surface area contributed by atoms with E-state index in [2.05, 4.69) is 4.98 Å². The quantitative estimate of drug-likeness (QED) is 0.128. The number of carboxylic acid groups (broad SMARTS) is 1. The number of imide groups is 1. The van der Waals surface area contributed by atoms with Gasteiger partial charge in [0.25, 0.3) is 0 Å². The Morgan fingerprint density at radius 2 is 1.95 bits per heavy atom. The summed E-state index contributed by atoms with van der Waals surface area (Å²) < 4.78 is 11.1. The van der Waals surface area contributed by atoms with E-state index in [0.29, 0.717) is 54.0 Å². The standard InChI is InChI=1S/C32H40N2O9/c1-42-19-21-16-24-30(32(41)34(31(24)40)14-6-2-3-8-28(38)39)25(18-36)29(21)27(37)12-9-20(26-7-4-5-13-33-26)15-22-10-11-23(17-35)43-22/h4-5,7,10-11,13,15,24-25,27,30,35-37H,2-3,6,8-9,12,14,16-19H2,1H3,(H,38,39)/b20-15-/t24-,25+,27-,30-/m1/s1. The average Bonchev–Trinajstić information content (AvgIpc) is 3.56. The van der Waals surface area contributed by atoms with E-state index in [1.807, 2.05) is 18.2 Å². The van der Waals surface area contributed by atoms with Gasteiger partial charge in [-0.15, -0.1) is 0 Å². The van der Waals surface area contributed by atoms with E-state index in [9.17, 15) is 29.7 Å². The first-order valence-electron chi connectivity index (χ1n) is 14.7. The molecule has 1 aliphatic heterocycles. The molecular formula is C32H40N2O9. The van der Waals surface area contributed by atoms with Crippen molar-refractivity contribution in [3.63, 3.8) is 0 Å². The molecule has 1 saturated heterocycles. The lowest BCUT2D eigenvalue weighted by molar-refractivity contribution is -0.141. The van der Waals surface area contributed by atoms with Gasteiger partial charge in [-0.1, -0.05) is 12.5 Å². The van der Waals surface area contributed by atoms with Gasteiger partial charge in [0.2, 0.25) is 11.8 Å². The molecule has 11 nitrogen and oxygen atoms in total. The van der Waals surface area contributed by atoms with Gasteiger partial charge in [0, 0.05) is 32.2 Å². The first kappa shape index (κ1) is 32.3. The number of aliphatic hydroxyl groups excluding tert-OH is 3. The lowest BCUT2D eigenvalue weighted by Crippen LogP contribution is -2.39. The summed E-state index contributed by atoms with van der Waals surface area (Å²) in [5, 5.41) is 40.3. The highest BCUT2D eigenvalue weighted by atomic mass is 16.5. The predicted octanol–water partition coefficient (Wildman–Crippen LogP) is 3.05. The number of carbonyl (C=O) groups excluding carboxylic acids is 2. The molecule has 11 heteroatoms. The highest BCUT2D eigenvalue weighted by molar-refractivity contribution is 6.05. The number of fused-ring (bicyclic) bond motifs is 1. The number of nitrogens with zero attached hydrogens (tertiary/aromatic N) is 2. The number of carbonyl (C=O) groups is 3. The maximum absolute atomic E-state index is 13.5. The molecule has 3 heterocycles. The number of unbranched alkanes of at least 4 members (excludes halogenated alkanes) is 2. The van der Waals surface area contributed by atoms with Gasteiger partial charge >= 0.3 is 5.97 Å². The van der Waals surface area contributed by atoms with Gasteiger partial charge in [0.15, 0.2) is 0 Å².